The first-order valence-corrected chi connectivity index (χ1v) is 23.4. The zero-order chi connectivity index (χ0) is 46.4. The van der Waals surface area contributed by atoms with E-state index in [9.17, 15) is 0 Å². The molecule has 69 heavy (non-hydrogen) atoms. The molecular formula is C66H49N3. The molecule has 328 valence electrons. The molecule has 0 unspecified atom stereocenters. The molecule has 3 nitrogen and oxygen atoms in total. The monoisotopic (exact) mass is 883 g/mol. The standard InChI is InChI=1S/C66H49N3/c1-2-56(27-17-18-49-30-47-66-64(48-49)63-28-15-16-29-65(63)69(66)58-25-13-6-14-26-58)67(57-23-11-5-12-24-57)59-39-35-54(36-40-59)55-37-45-62(46-38-55)68(60-41-31-52(32-42-60)50-19-7-3-8-20-50)61-43-33-53(34-44-61)51-21-9-4-10-22-51/h2-48H,1H2/b18-17+,56-27+. The lowest BCUT2D eigenvalue weighted by Crippen LogP contribution is -2.14. The number of anilines is 5. The summed E-state index contributed by atoms with van der Waals surface area (Å²) < 4.78 is 2.35. The van der Waals surface area contributed by atoms with E-state index in [1.54, 1.807) is 0 Å². The van der Waals surface area contributed by atoms with Gasteiger partial charge in [0.05, 0.1) is 11.0 Å². The minimum Gasteiger partial charge on any atom is -0.311 e. The van der Waals surface area contributed by atoms with Crippen molar-refractivity contribution in [2.24, 2.45) is 0 Å². The van der Waals surface area contributed by atoms with Crippen molar-refractivity contribution in [1.82, 2.24) is 4.57 Å². The maximum absolute atomic E-state index is 4.28. The topological polar surface area (TPSA) is 11.4 Å². The fourth-order valence-corrected chi connectivity index (χ4v) is 9.39. The highest BCUT2D eigenvalue weighted by molar-refractivity contribution is 6.09. The molecule has 0 aliphatic carbocycles. The van der Waals surface area contributed by atoms with Gasteiger partial charge in [0, 0.05) is 50.6 Å². The van der Waals surface area contributed by atoms with E-state index in [0.717, 1.165) is 56.5 Å². The van der Waals surface area contributed by atoms with Crippen molar-refractivity contribution < 1.29 is 0 Å². The first kappa shape index (κ1) is 42.5. The number of rotatable bonds is 13. The highest BCUT2D eigenvalue weighted by Gasteiger charge is 2.16. The molecule has 0 saturated carbocycles. The van der Waals surface area contributed by atoms with Crippen LogP contribution >= 0.6 is 0 Å². The second-order valence-corrected chi connectivity index (χ2v) is 17.0. The fourth-order valence-electron chi connectivity index (χ4n) is 9.39. The van der Waals surface area contributed by atoms with Crippen LogP contribution in [0, 0.1) is 0 Å². The van der Waals surface area contributed by atoms with Crippen LogP contribution in [-0.2, 0) is 0 Å². The molecule has 11 aromatic rings. The summed E-state index contributed by atoms with van der Waals surface area (Å²) in [5.74, 6) is 0. The zero-order valence-electron chi connectivity index (χ0n) is 38.2. The van der Waals surface area contributed by atoms with Gasteiger partial charge in [-0.15, -0.1) is 0 Å². The zero-order valence-corrected chi connectivity index (χ0v) is 38.2. The molecule has 0 aliphatic rings. The van der Waals surface area contributed by atoms with Crippen molar-refractivity contribution in [3.8, 4) is 39.1 Å². The van der Waals surface area contributed by atoms with E-state index < -0.39 is 0 Å². The SMILES string of the molecule is C=C/C(=C\C=C\c1ccc2c(c1)c1ccccc1n2-c1ccccc1)N(c1ccccc1)c1ccc(-c2ccc(N(c3ccc(-c4ccccc4)cc3)c3ccc(-c4ccccc4)cc3)cc2)cc1. The Labute approximate surface area is 404 Å². The second kappa shape index (κ2) is 19.3. The van der Waals surface area contributed by atoms with Crippen LogP contribution in [0.2, 0.25) is 0 Å². The summed E-state index contributed by atoms with van der Waals surface area (Å²) in [6.45, 7) is 4.28. The lowest BCUT2D eigenvalue weighted by atomic mass is 10.0. The lowest BCUT2D eigenvalue weighted by molar-refractivity contribution is 1.18. The normalized spacial score (nSPS) is 11.6. The summed E-state index contributed by atoms with van der Waals surface area (Å²) in [4.78, 5) is 4.58. The van der Waals surface area contributed by atoms with Crippen LogP contribution in [0.1, 0.15) is 5.56 Å². The Bertz CT molecular complexity index is 3470. The van der Waals surface area contributed by atoms with E-state index in [-0.39, 0.29) is 0 Å². The van der Waals surface area contributed by atoms with Gasteiger partial charge in [0.25, 0.3) is 0 Å². The minimum absolute atomic E-state index is 0.963. The van der Waals surface area contributed by atoms with E-state index in [2.05, 4.69) is 300 Å². The fraction of sp³-hybridized carbons (Fsp3) is 0. The predicted octanol–water partition coefficient (Wildman–Crippen LogP) is 18.2. The second-order valence-electron chi connectivity index (χ2n) is 17.0. The smallest absolute Gasteiger partial charge is 0.0541 e. The number of fused-ring (bicyclic) bond motifs is 3. The van der Waals surface area contributed by atoms with E-state index in [0.29, 0.717) is 0 Å². The van der Waals surface area contributed by atoms with Crippen LogP contribution in [0.25, 0.3) is 66.9 Å². The molecule has 0 aliphatic heterocycles. The number of nitrogens with zero attached hydrogens (tertiary/aromatic N) is 3. The van der Waals surface area contributed by atoms with Crippen molar-refractivity contribution >= 4 is 56.3 Å². The van der Waals surface area contributed by atoms with Gasteiger partial charge >= 0.3 is 0 Å². The first-order chi connectivity index (χ1) is 34.2. The molecule has 0 spiro atoms. The van der Waals surface area contributed by atoms with Gasteiger partial charge < -0.3 is 14.4 Å². The summed E-state index contributed by atoms with van der Waals surface area (Å²) in [5, 5.41) is 2.46. The molecule has 10 aromatic carbocycles. The summed E-state index contributed by atoms with van der Waals surface area (Å²) in [6, 6.07) is 92.9. The third-order valence-electron chi connectivity index (χ3n) is 12.8. The average Bonchev–Trinajstić information content (AvgIpc) is 3.76. The van der Waals surface area contributed by atoms with Crippen LogP contribution in [0.5, 0.6) is 0 Å². The minimum atomic E-state index is 0.963. The van der Waals surface area contributed by atoms with Gasteiger partial charge in [0.1, 0.15) is 0 Å². The molecule has 0 radical (unpaired) electrons. The predicted molar refractivity (Wildman–Crippen MR) is 294 cm³/mol. The quantitative estimate of drug-likeness (QED) is 0.107. The van der Waals surface area contributed by atoms with Gasteiger partial charge in [0.2, 0.25) is 0 Å². The van der Waals surface area contributed by atoms with Gasteiger partial charge in [-0.2, -0.15) is 0 Å². The first-order valence-electron chi connectivity index (χ1n) is 23.4. The number of benzene rings is 10. The molecule has 0 saturated heterocycles. The lowest BCUT2D eigenvalue weighted by Gasteiger charge is -2.27. The van der Waals surface area contributed by atoms with Gasteiger partial charge in [-0.3, -0.25) is 0 Å². The van der Waals surface area contributed by atoms with E-state index in [4.69, 9.17) is 0 Å². The van der Waals surface area contributed by atoms with E-state index in [1.165, 1.54) is 44.1 Å². The van der Waals surface area contributed by atoms with Crippen LogP contribution in [-0.4, -0.2) is 4.57 Å². The van der Waals surface area contributed by atoms with Gasteiger partial charge in [-0.1, -0.05) is 189 Å². The van der Waals surface area contributed by atoms with E-state index in [1.807, 2.05) is 6.08 Å². The molecule has 3 heteroatoms. The number of allylic oxidation sites excluding steroid dienone is 3. The number of para-hydroxylation sites is 3. The Morgan fingerprint density at radius 3 is 1.28 bits per heavy atom. The molecule has 11 rings (SSSR count). The van der Waals surface area contributed by atoms with Crippen LogP contribution in [0.4, 0.5) is 28.4 Å². The Hall–Kier alpha value is -9.18. The molecule has 1 heterocycles. The Balaban J connectivity index is 0.877. The summed E-state index contributed by atoms with van der Waals surface area (Å²) in [7, 11) is 0. The molecule has 0 N–H and O–H groups in total. The molecule has 0 amide bonds. The highest BCUT2D eigenvalue weighted by atomic mass is 15.1. The van der Waals surface area contributed by atoms with Crippen LogP contribution < -0.4 is 9.80 Å². The van der Waals surface area contributed by atoms with Crippen molar-refractivity contribution in [1.29, 1.82) is 0 Å². The van der Waals surface area contributed by atoms with Gasteiger partial charge in [0.15, 0.2) is 0 Å². The molecule has 0 bridgehead atoms. The van der Waals surface area contributed by atoms with Gasteiger partial charge in [-0.05, 0) is 142 Å². The van der Waals surface area contributed by atoms with Crippen molar-refractivity contribution in [3.63, 3.8) is 0 Å². The Morgan fingerprint density at radius 1 is 0.362 bits per heavy atom. The summed E-state index contributed by atoms with van der Waals surface area (Å²) in [6.07, 6.45) is 8.37. The van der Waals surface area contributed by atoms with Gasteiger partial charge in [-0.25, -0.2) is 0 Å². The largest absolute Gasteiger partial charge is 0.311 e. The van der Waals surface area contributed by atoms with Crippen LogP contribution in [0.15, 0.2) is 291 Å². The molecule has 0 fully saturated rings. The Kier molecular flexibility index (Phi) is 11.9. The third-order valence-corrected chi connectivity index (χ3v) is 12.8. The van der Waals surface area contributed by atoms with Crippen molar-refractivity contribution in [3.05, 3.63) is 297 Å². The Morgan fingerprint density at radius 2 is 0.768 bits per heavy atom. The van der Waals surface area contributed by atoms with Crippen LogP contribution in [0.3, 0.4) is 0 Å². The number of hydrogen-bond donors (Lipinski definition) is 0. The van der Waals surface area contributed by atoms with E-state index >= 15 is 0 Å². The average molecular weight is 884 g/mol. The number of hydrogen-bond acceptors (Lipinski definition) is 2. The van der Waals surface area contributed by atoms with Crippen molar-refractivity contribution in [2.45, 2.75) is 0 Å². The molecule has 1 aromatic heterocycles. The summed E-state index contributed by atoms with van der Waals surface area (Å²) in [5.41, 5.74) is 18.1. The maximum atomic E-state index is 4.28. The number of aromatic nitrogens is 1. The molecule has 0 atom stereocenters. The summed E-state index contributed by atoms with van der Waals surface area (Å²) >= 11 is 0. The highest BCUT2D eigenvalue weighted by Crippen LogP contribution is 2.39. The van der Waals surface area contributed by atoms with Crippen molar-refractivity contribution in [2.75, 3.05) is 9.80 Å². The third kappa shape index (κ3) is 8.81. The molecular weight excluding hydrogens is 835 g/mol. The maximum Gasteiger partial charge on any atom is 0.0541 e.